The maximum absolute atomic E-state index is 11.8. The van der Waals surface area contributed by atoms with Gasteiger partial charge in [0.2, 0.25) is 15.9 Å². The molecule has 20 heavy (non-hydrogen) atoms. The lowest BCUT2D eigenvalue weighted by molar-refractivity contribution is -0.121. The van der Waals surface area contributed by atoms with Crippen LogP contribution in [0.3, 0.4) is 0 Å². The molecule has 1 aromatic rings. The van der Waals surface area contributed by atoms with Crippen LogP contribution in [0.1, 0.15) is 24.5 Å². The van der Waals surface area contributed by atoms with Crippen LogP contribution in [0, 0.1) is 6.92 Å². The van der Waals surface area contributed by atoms with Crippen LogP contribution in [0.5, 0.6) is 0 Å². The fourth-order valence-corrected chi connectivity index (χ4v) is 2.40. The summed E-state index contributed by atoms with van der Waals surface area (Å²) in [4.78, 5) is 11.7. The van der Waals surface area contributed by atoms with E-state index in [-0.39, 0.29) is 19.0 Å². The summed E-state index contributed by atoms with van der Waals surface area (Å²) >= 11 is 0. The average Bonchev–Trinajstić information content (AvgIpc) is 2.37. The molecule has 1 rings (SSSR count). The summed E-state index contributed by atoms with van der Waals surface area (Å²) in [6, 6.07) is 7.59. The number of rotatable bonds is 7. The van der Waals surface area contributed by atoms with Crippen LogP contribution in [0.15, 0.2) is 24.3 Å². The van der Waals surface area contributed by atoms with Gasteiger partial charge in [0.1, 0.15) is 0 Å². The Hall–Kier alpha value is -1.40. The molecule has 1 amide bonds. The molecule has 112 valence electrons. The van der Waals surface area contributed by atoms with Gasteiger partial charge in [0, 0.05) is 13.1 Å². The number of nitrogens with zero attached hydrogens (tertiary/aromatic N) is 1. The number of hydrogen-bond donors (Lipinski definition) is 1. The van der Waals surface area contributed by atoms with Crippen LogP contribution >= 0.6 is 0 Å². The molecule has 0 aliphatic rings. The predicted octanol–water partition coefficient (Wildman–Crippen LogP) is 1.28. The highest BCUT2D eigenvalue weighted by molar-refractivity contribution is 7.88. The van der Waals surface area contributed by atoms with Crippen molar-refractivity contribution in [2.75, 3.05) is 19.3 Å². The molecule has 0 bridgehead atoms. The first-order valence-corrected chi connectivity index (χ1v) is 8.45. The summed E-state index contributed by atoms with van der Waals surface area (Å²) in [6.45, 7) is 4.53. The normalized spacial score (nSPS) is 11.6. The molecule has 0 aromatic heterocycles. The first-order chi connectivity index (χ1) is 9.32. The third kappa shape index (κ3) is 5.71. The molecule has 0 saturated carbocycles. The number of amides is 1. The van der Waals surface area contributed by atoms with Crippen molar-refractivity contribution in [3.8, 4) is 0 Å². The van der Waals surface area contributed by atoms with Gasteiger partial charge < -0.3 is 5.32 Å². The van der Waals surface area contributed by atoms with Crippen molar-refractivity contribution in [1.29, 1.82) is 0 Å². The summed E-state index contributed by atoms with van der Waals surface area (Å²) < 4.78 is 24.7. The second-order valence-corrected chi connectivity index (χ2v) is 6.85. The predicted molar refractivity (Wildman–Crippen MR) is 79.7 cm³/mol. The van der Waals surface area contributed by atoms with E-state index in [9.17, 15) is 13.2 Å². The van der Waals surface area contributed by atoms with Crippen LogP contribution in [-0.2, 0) is 21.4 Å². The van der Waals surface area contributed by atoms with Gasteiger partial charge >= 0.3 is 0 Å². The highest BCUT2D eigenvalue weighted by Gasteiger charge is 2.20. The Kier molecular flexibility index (Phi) is 6.16. The van der Waals surface area contributed by atoms with Gasteiger partial charge in [0.15, 0.2) is 0 Å². The van der Waals surface area contributed by atoms with E-state index in [0.717, 1.165) is 23.8 Å². The van der Waals surface area contributed by atoms with Crippen LogP contribution in [0.25, 0.3) is 0 Å². The number of benzene rings is 1. The zero-order valence-electron chi connectivity index (χ0n) is 12.2. The molecule has 1 aromatic carbocycles. The van der Waals surface area contributed by atoms with E-state index in [4.69, 9.17) is 0 Å². The quantitative estimate of drug-likeness (QED) is 0.824. The third-order valence-corrected chi connectivity index (χ3v) is 4.04. The van der Waals surface area contributed by atoms with Gasteiger partial charge in [-0.15, -0.1) is 0 Å². The summed E-state index contributed by atoms with van der Waals surface area (Å²) in [5.41, 5.74) is 1.98. The van der Waals surface area contributed by atoms with E-state index < -0.39 is 10.0 Å². The molecule has 0 aliphatic heterocycles. The van der Waals surface area contributed by atoms with Crippen molar-refractivity contribution in [1.82, 2.24) is 9.62 Å². The van der Waals surface area contributed by atoms with Crippen molar-refractivity contribution in [3.63, 3.8) is 0 Å². The number of carbonyl (C=O) groups is 1. The lowest BCUT2D eigenvalue weighted by atomic mass is 10.1. The van der Waals surface area contributed by atoms with Crippen LogP contribution in [0.2, 0.25) is 0 Å². The molecule has 0 radical (unpaired) electrons. The number of sulfonamides is 1. The Bertz CT molecular complexity index is 538. The summed E-state index contributed by atoms with van der Waals surface area (Å²) in [6.07, 6.45) is 1.94. The Morgan fingerprint density at radius 3 is 2.35 bits per heavy atom. The highest BCUT2D eigenvalue weighted by atomic mass is 32.2. The van der Waals surface area contributed by atoms with Crippen molar-refractivity contribution < 1.29 is 13.2 Å². The molecule has 1 N–H and O–H groups in total. The van der Waals surface area contributed by atoms with Gasteiger partial charge in [0.25, 0.3) is 0 Å². The van der Waals surface area contributed by atoms with E-state index in [2.05, 4.69) is 5.32 Å². The minimum Gasteiger partial charge on any atom is -0.355 e. The first-order valence-electron chi connectivity index (χ1n) is 6.60. The first kappa shape index (κ1) is 16.7. The van der Waals surface area contributed by atoms with Crippen molar-refractivity contribution in [3.05, 3.63) is 35.4 Å². The Labute approximate surface area is 121 Å². The maximum atomic E-state index is 11.8. The SMILES string of the molecule is CCCNC(=O)CN(Cc1ccc(C)cc1)S(C)(=O)=O. The lowest BCUT2D eigenvalue weighted by Crippen LogP contribution is -2.40. The maximum Gasteiger partial charge on any atom is 0.235 e. The topological polar surface area (TPSA) is 66.5 Å². The molecule has 0 saturated heterocycles. The summed E-state index contributed by atoms with van der Waals surface area (Å²) in [5, 5.41) is 2.68. The second-order valence-electron chi connectivity index (χ2n) is 4.87. The molecule has 0 fully saturated rings. The van der Waals surface area contributed by atoms with Crippen LogP contribution in [0.4, 0.5) is 0 Å². The van der Waals surface area contributed by atoms with Gasteiger partial charge in [-0.05, 0) is 18.9 Å². The zero-order valence-corrected chi connectivity index (χ0v) is 13.0. The zero-order chi connectivity index (χ0) is 15.2. The Morgan fingerprint density at radius 2 is 1.85 bits per heavy atom. The summed E-state index contributed by atoms with van der Waals surface area (Å²) in [5.74, 6) is -0.274. The van der Waals surface area contributed by atoms with Gasteiger partial charge in [-0.25, -0.2) is 8.42 Å². The lowest BCUT2D eigenvalue weighted by Gasteiger charge is -2.19. The molecular weight excluding hydrogens is 276 g/mol. The van der Waals surface area contributed by atoms with E-state index in [1.54, 1.807) is 0 Å². The second kappa shape index (κ2) is 7.40. The Balaban J connectivity index is 2.75. The third-order valence-electron chi connectivity index (χ3n) is 2.84. The Morgan fingerprint density at radius 1 is 1.25 bits per heavy atom. The number of nitrogens with one attached hydrogen (secondary N) is 1. The van der Waals surface area contributed by atoms with Gasteiger partial charge in [0.05, 0.1) is 12.8 Å². The van der Waals surface area contributed by atoms with Crippen molar-refractivity contribution in [2.24, 2.45) is 0 Å². The number of aryl methyl sites for hydroxylation is 1. The van der Waals surface area contributed by atoms with E-state index in [0.29, 0.717) is 6.54 Å². The largest absolute Gasteiger partial charge is 0.355 e. The molecule has 0 heterocycles. The molecule has 6 heteroatoms. The minimum atomic E-state index is -3.42. The fraction of sp³-hybridized carbons (Fsp3) is 0.500. The summed E-state index contributed by atoms with van der Waals surface area (Å²) in [7, 11) is -3.42. The minimum absolute atomic E-state index is 0.146. The number of carbonyl (C=O) groups excluding carboxylic acids is 1. The molecule has 0 atom stereocenters. The number of hydrogen-bond acceptors (Lipinski definition) is 3. The molecule has 0 aliphatic carbocycles. The molecule has 5 nitrogen and oxygen atoms in total. The van der Waals surface area contributed by atoms with E-state index >= 15 is 0 Å². The van der Waals surface area contributed by atoms with Gasteiger partial charge in [-0.1, -0.05) is 36.8 Å². The van der Waals surface area contributed by atoms with Crippen molar-refractivity contribution in [2.45, 2.75) is 26.8 Å². The average molecular weight is 298 g/mol. The van der Waals surface area contributed by atoms with Crippen LogP contribution < -0.4 is 5.32 Å². The standard InChI is InChI=1S/C14H22N2O3S/c1-4-9-15-14(17)11-16(20(3,18)19)10-13-7-5-12(2)6-8-13/h5-8H,4,9-11H2,1-3H3,(H,15,17). The molecule has 0 unspecified atom stereocenters. The van der Waals surface area contributed by atoms with E-state index in [1.165, 1.54) is 4.31 Å². The highest BCUT2D eigenvalue weighted by Crippen LogP contribution is 2.09. The van der Waals surface area contributed by atoms with Crippen LogP contribution in [-0.4, -0.2) is 38.0 Å². The smallest absolute Gasteiger partial charge is 0.235 e. The monoisotopic (exact) mass is 298 g/mol. The molecular formula is C14H22N2O3S. The fourth-order valence-electron chi connectivity index (χ4n) is 1.67. The van der Waals surface area contributed by atoms with E-state index in [1.807, 2.05) is 38.1 Å². The van der Waals surface area contributed by atoms with Gasteiger partial charge in [-0.3, -0.25) is 4.79 Å². The van der Waals surface area contributed by atoms with Crippen molar-refractivity contribution >= 4 is 15.9 Å². The molecule has 0 spiro atoms. The van der Waals surface area contributed by atoms with Gasteiger partial charge in [-0.2, -0.15) is 4.31 Å².